The summed E-state index contributed by atoms with van der Waals surface area (Å²) in [5.41, 5.74) is 3.34. The summed E-state index contributed by atoms with van der Waals surface area (Å²) in [4.78, 5) is 9.66. The Balaban J connectivity index is 1.88. The number of nitrogens with zero attached hydrogens (tertiary/aromatic N) is 3. The van der Waals surface area contributed by atoms with Gasteiger partial charge in [-0.05, 0) is 19.2 Å². The summed E-state index contributed by atoms with van der Waals surface area (Å²) < 4.78 is 0. The second kappa shape index (κ2) is 5.45. The van der Waals surface area contributed by atoms with Crippen molar-refractivity contribution in [2.75, 3.05) is 50.0 Å². The Morgan fingerprint density at radius 1 is 1.18 bits per heavy atom. The second-order valence-corrected chi connectivity index (χ2v) is 6.40. The van der Waals surface area contributed by atoms with E-state index in [1.165, 1.54) is 5.56 Å². The third-order valence-corrected chi connectivity index (χ3v) is 4.69. The summed E-state index contributed by atoms with van der Waals surface area (Å²) >= 11 is 6.17. The lowest BCUT2D eigenvalue weighted by molar-refractivity contribution is 0.312. The Bertz CT molecular complexity index is 748. The number of likely N-dealkylation sites (N-methyl/N-ethyl adjacent to an activating group) is 1. The molecule has 5 heteroatoms. The van der Waals surface area contributed by atoms with E-state index < -0.39 is 0 Å². The van der Waals surface area contributed by atoms with Crippen molar-refractivity contribution in [1.29, 1.82) is 0 Å². The fourth-order valence-electron chi connectivity index (χ4n) is 3.18. The molecule has 3 heterocycles. The van der Waals surface area contributed by atoms with Gasteiger partial charge in [-0.15, -0.1) is 0 Å². The van der Waals surface area contributed by atoms with Crippen LogP contribution in [0.3, 0.4) is 0 Å². The molecule has 0 atom stereocenters. The summed E-state index contributed by atoms with van der Waals surface area (Å²) in [5.74, 6) is 1.06. The Hall–Kier alpha value is -1.78. The number of piperazine rings is 1. The zero-order chi connectivity index (χ0) is 15.1. The first-order valence-corrected chi connectivity index (χ1v) is 8.07. The smallest absolute Gasteiger partial charge is 0.153 e. The van der Waals surface area contributed by atoms with Crippen LogP contribution >= 0.6 is 11.6 Å². The van der Waals surface area contributed by atoms with Crippen molar-refractivity contribution < 1.29 is 0 Å². The lowest BCUT2D eigenvalue weighted by Crippen LogP contribution is -2.45. The van der Waals surface area contributed by atoms with Gasteiger partial charge in [0.15, 0.2) is 5.82 Å². The fourth-order valence-corrected chi connectivity index (χ4v) is 3.35. The third kappa shape index (κ3) is 2.32. The normalized spacial score (nSPS) is 18.4. The van der Waals surface area contributed by atoms with E-state index in [-0.39, 0.29) is 0 Å². The summed E-state index contributed by atoms with van der Waals surface area (Å²) in [6.45, 7) is 5.01. The van der Waals surface area contributed by atoms with Crippen LogP contribution in [0.25, 0.3) is 17.0 Å². The van der Waals surface area contributed by atoms with Crippen molar-refractivity contribution in [2.24, 2.45) is 0 Å². The molecular weight excluding hydrogens is 296 g/mol. The van der Waals surface area contributed by atoms with Crippen LogP contribution in [-0.4, -0.2) is 49.7 Å². The number of benzene rings is 1. The quantitative estimate of drug-likeness (QED) is 0.876. The predicted molar refractivity (Wildman–Crippen MR) is 94.0 cm³/mol. The van der Waals surface area contributed by atoms with Crippen LogP contribution < -0.4 is 10.2 Å². The lowest BCUT2D eigenvalue weighted by Gasteiger charge is -2.35. The second-order valence-electron chi connectivity index (χ2n) is 5.96. The molecule has 0 radical (unpaired) electrons. The highest BCUT2D eigenvalue weighted by Crippen LogP contribution is 2.37. The highest BCUT2D eigenvalue weighted by Gasteiger charge is 2.22. The number of pyridine rings is 1. The maximum atomic E-state index is 6.17. The molecule has 1 aromatic heterocycles. The van der Waals surface area contributed by atoms with Gasteiger partial charge in [0.25, 0.3) is 0 Å². The van der Waals surface area contributed by atoms with E-state index in [0.717, 1.165) is 60.2 Å². The number of nitrogens with one attached hydrogen (secondary N) is 1. The molecule has 114 valence electrons. The molecule has 2 aromatic rings. The fraction of sp³-hybridized carbons (Fsp3) is 0.353. The molecule has 0 saturated carbocycles. The van der Waals surface area contributed by atoms with E-state index in [1.54, 1.807) is 0 Å². The molecule has 2 aliphatic rings. The molecule has 1 saturated heterocycles. The van der Waals surface area contributed by atoms with E-state index in [9.17, 15) is 0 Å². The van der Waals surface area contributed by atoms with Gasteiger partial charge in [0, 0.05) is 48.7 Å². The molecule has 0 unspecified atom stereocenters. The zero-order valence-electron chi connectivity index (χ0n) is 12.6. The average Bonchev–Trinajstić information content (AvgIpc) is 2.54. The Morgan fingerprint density at radius 2 is 2.00 bits per heavy atom. The van der Waals surface area contributed by atoms with Crippen molar-refractivity contribution in [2.45, 2.75) is 0 Å². The van der Waals surface area contributed by atoms with Gasteiger partial charge in [-0.2, -0.15) is 0 Å². The van der Waals surface area contributed by atoms with Crippen LogP contribution in [0.1, 0.15) is 5.56 Å². The Kier molecular flexibility index (Phi) is 3.43. The molecule has 1 N–H and O–H groups in total. The van der Waals surface area contributed by atoms with Crippen molar-refractivity contribution in [3.05, 3.63) is 34.9 Å². The molecule has 4 nitrogen and oxygen atoms in total. The number of fused-ring (bicyclic) bond motifs is 3. The van der Waals surface area contributed by atoms with Crippen LogP contribution in [0.2, 0.25) is 5.02 Å². The first-order valence-electron chi connectivity index (χ1n) is 7.69. The summed E-state index contributed by atoms with van der Waals surface area (Å²) in [7, 11) is 2.17. The maximum Gasteiger partial charge on any atom is 0.153 e. The summed E-state index contributed by atoms with van der Waals surface area (Å²) in [5, 5.41) is 5.40. The lowest BCUT2D eigenvalue weighted by atomic mass is 10.0. The molecule has 22 heavy (non-hydrogen) atoms. The number of hydrogen-bond acceptors (Lipinski definition) is 4. The first-order chi connectivity index (χ1) is 10.7. The molecular formula is C17H19ClN4. The van der Waals surface area contributed by atoms with Gasteiger partial charge in [0.2, 0.25) is 0 Å². The monoisotopic (exact) mass is 314 g/mol. The zero-order valence-corrected chi connectivity index (χ0v) is 13.4. The molecule has 4 rings (SSSR count). The van der Waals surface area contributed by atoms with E-state index in [0.29, 0.717) is 0 Å². The van der Waals surface area contributed by atoms with Gasteiger partial charge in [-0.25, -0.2) is 4.98 Å². The number of anilines is 2. The van der Waals surface area contributed by atoms with Crippen LogP contribution in [0.5, 0.6) is 0 Å². The highest BCUT2D eigenvalue weighted by atomic mass is 35.5. The van der Waals surface area contributed by atoms with Gasteiger partial charge >= 0.3 is 0 Å². The minimum atomic E-state index is 0.733. The van der Waals surface area contributed by atoms with E-state index >= 15 is 0 Å². The SMILES string of the molecule is CN1CCN(c2nc3cc(Cl)ccc3c3c2NCC=C3)CC1. The highest BCUT2D eigenvalue weighted by molar-refractivity contribution is 6.31. The van der Waals surface area contributed by atoms with Gasteiger partial charge < -0.3 is 15.1 Å². The average molecular weight is 315 g/mol. The maximum absolute atomic E-state index is 6.17. The Labute approximate surface area is 135 Å². The van der Waals surface area contributed by atoms with Gasteiger partial charge in [0.1, 0.15) is 0 Å². The van der Waals surface area contributed by atoms with Crippen LogP contribution in [0.15, 0.2) is 24.3 Å². The van der Waals surface area contributed by atoms with Gasteiger partial charge in [-0.3, -0.25) is 0 Å². The molecule has 0 bridgehead atoms. The van der Waals surface area contributed by atoms with Crippen molar-refractivity contribution in [3.8, 4) is 0 Å². The van der Waals surface area contributed by atoms with E-state index in [4.69, 9.17) is 16.6 Å². The topological polar surface area (TPSA) is 31.4 Å². The third-order valence-electron chi connectivity index (χ3n) is 4.45. The summed E-state index contributed by atoms with van der Waals surface area (Å²) in [6.07, 6.45) is 4.35. The van der Waals surface area contributed by atoms with Crippen molar-refractivity contribution in [1.82, 2.24) is 9.88 Å². The summed E-state index contributed by atoms with van der Waals surface area (Å²) in [6, 6.07) is 5.96. The predicted octanol–water partition coefficient (Wildman–Crippen LogP) is 3.08. The molecule has 1 fully saturated rings. The van der Waals surface area contributed by atoms with Gasteiger partial charge in [0.05, 0.1) is 11.2 Å². The Morgan fingerprint density at radius 3 is 2.82 bits per heavy atom. The van der Waals surface area contributed by atoms with E-state index in [1.807, 2.05) is 12.1 Å². The molecule has 1 aromatic carbocycles. The number of hydrogen-bond donors (Lipinski definition) is 1. The van der Waals surface area contributed by atoms with Crippen LogP contribution in [-0.2, 0) is 0 Å². The standard InChI is InChI=1S/C17H19ClN4/c1-21-7-9-22(10-8-21)17-16-14(3-2-6-19-16)13-5-4-12(18)11-15(13)20-17/h2-5,11,19H,6-10H2,1H3. The van der Waals surface area contributed by atoms with Crippen LogP contribution in [0, 0.1) is 0 Å². The van der Waals surface area contributed by atoms with E-state index in [2.05, 4.69) is 40.4 Å². The number of aromatic nitrogens is 1. The minimum Gasteiger partial charge on any atom is -0.378 e. The number of halogens is 1. The van der Waals surface area contributed by atoms with Crippen molar-refractivity contribution >= 4 is 40.1 Å². The minimum absolute atomic E-state index is 0.733. The van der Waals surface area contributed by atoms with Crippen molar-refractivity contribution in [3.63, 3.8) is 0 Å². The van der Waals surface area contributed by atoms with Crippen LogP contribution in [0.4, 0.5) is 11.5 Å². The molecule has 0 spiro atoms. The largest absolute Gasteiger partial charge is 0.378 e. The number of rotatable bonds is 1. The molecule has 2 aliphatic heterocycles. The first kappa shape index (κ1) is 13.9. The molecule has 0 amide bonds. The molecule has 0 aliphatic carbocycles. The van der Waals surface area contributed by atoms with Gasteiger partial charge in [-0.1, -0.05) is 29.8 Å².